The minimum absolute atomic E-state index is 0. The van der Waals surface area contributed by atoms with Gasteiger partial charge in [0.1, 0.15) is 0 Å². The first-order valence-electron chi connectivity index (χ1n) is 5.11. The molecule has 0 aliphatic rings. The van der Waals surface area contributed by atoms with Crippen molar-refractivity contribution < 1.29 is 33.5 Å². The smallest absolute Gasteiger partial charge is 0.550 e. The van der Waals surface area contributed by atoms with Crippen molar-refractivity contribution in [3.8, 4) is 0 Å². The summed E-state index contributed by atoms with van der Waals surface area (Å²) in [6.45, 7) is 2.48. The van der Waals surface area contributed by atoms with Crippen molar-refractivity contribution in [1.82, 2.24) is 0 Å². The first-order valence-corrected chi connectivity index (χ1v) is 5.11. The van der Waals surface area contributed by atoms with Gasteiger partial charge in [-0.05, 0) is 6.42 Å². The van der Waals surface area contributed by atoms with E-state index < -0.39 is 6.16 Å². The molecule has 0 fully saturated rings. The van der Waals surface area contributed by atoms with E-state index in [0.29, 0.717) is 0 Å². The summed E-state index contributed by atoms with van der Waals surface area (Å²) in [7, 11) is 0. The van der Waals surface area contributed by atoms with Crippen molar-refractivity contribution in [2.75, 3.05) is 6.61 Å². The minimum Gasteiger partial charge on any atom is -0.550 e. The van der Waals surface area contributed by atoms with Gasteiger partial charge in [0.2, 0.25) is 0 Å². The van der Waals surface area contributed by atoms with E-state index in [4.69, 9.17) is 0 Å². The van der Waals surface area contributed by atoms with Crippen molar-refractivity contribution in [3.05, 3.63) is 0 Å². The summed E-state index contributed by atoms with van der Waals surface area (Å²) in [6, 6.07) is 0. The SMILES string of the molecule is CCCCCCCCCOC(=O)[O-].[Li+]. The summed E-state index contributed by atoms with van der Waals surface area (Å²) >= 11 is 0. The molecule has 78 valence electrons. The number of carboxylic acid groups (broad SMARTS) is 1. The van der Waals surface area contributed by atoms with Gasteiger partial charge in [0.15, 0.2) is 0 Å². The van der Waals surface area contributed by atoms with Gasteiger partial charge in [-0.25, -0.2) is 0 Å². The van der Waals surface area contributed by atoms with Gasteiger partial charge < -0.3 is 14.6 Å². The molecule has 0 aromatic rings. The Morgan fingerprint density at radius 2 is 1.57 bits per heavy atom. The van der Waals surface area contributed by atoms with Crippen LogP contribution in [-0.4, -0.2) is 12.8 Å². The maximum atomic E-state index is 9.84. The molecule has 0 aromatic heterocycles. The van der Waals surface area contributed by atoms with Crippen LogP contribution in [0.25, 0.3) is 0 Å². The Morgan fingerprint density at radius 1 is 1.07 bits per heavy atom. The minimum atomic E-state index is -1.41. The molecule has 0 rings (SSSR count). The molecular weight excluding hydrogens is 175 g/mol. The van der Waals surface area contributed by atoms with Crippen molar-refractivity contribution in [1.29, 1.82) is 0 Å². The molecule has 3 nitrogen and oxygen atoms in total. The molecule has 0 aliphatic heterocycles. The fourth-order valence-corrected chi connectivity index (χ4v) is 1.21. The molecule has 0 bridgehead atoms. The van der Waals surface area contributed by atoms with Crippen molar-refractivity contribution in [2.45, 2.75) is 51.9 Å². The van der Waals surface area contributed by atoms with Gasteiger partial charge in [0.05, 0.1) is 0 Å². The van der Waals surface area contributed by atoms with Crippen LogP contribution in [0.2, 0.25) is 0 Å². The van der Waals surface area contributed by atoms with Gasteiger partial charge >= 0.3 is 18.9 Å². The molecule has 0 atom stereocenters. The molecule has 0 N–H and O–H groups in total. The Balaban J connectivity index is 0. The monoisotopic (exact) mass is 194 g/mol. The van der Waals surface area contributed by atoms with E-state index in [1.165, 1.54) is 32.1 Å². The molecular formula is C10H19LiO3. The zero-order valence-electron chi connectivity index (χ0n) is 9.38. The third-order valence-electron chi connectivity index (χ3n) is 1.97. The van der Waals surface area contributed by atoms with E-state index >= 15 is 0 Å². The second kappa shape index (κ2) is 12.9. The Kier molecular flexibility index (Phi) is 15.0. The predicted molar refractivity (Wildman–Crippen MR) is 49.3 cm³/mol. The van der Waals surface area contributed by atoms with E-state index in [9.17, 15) is 9.90 Å². The van der Waals surface area contributed by atoms with Crippen molar-refractivity contribution >= 4 is 6.16 Å². The quantitative estimate of drug-likeness (QED) is 0.286. The first-order chi connectivity index (χ1) is 6.27. The largest absolute Gasteiger partial charge is 1.00 e. The molecule has 0 saturated carbocycles. The molecule has 0 radical (unpaired) electrons. The summed E-state index contributed by atoms with van der Waals surface area (Å²) in [6.07, 6.45) is 6.74. The van der Waals surface area contributed by atoms with Crippen LogP contribution in [0.5, 0.6) is 0 Å². The number of unbranched alkanes of at least 4 members (excludes halogenated alkanes) is 6. The van der Waals surface area contributed by atoms with E-state index in [-0.39, 0.29) is 25.5 Å². The average molecular weight is 194 g/mol. The number of hydrogen-bond acceptors (Lipinski definition) is 3. The Bertz CT molecular complexity index is 129. The van der Waals surface area contributed by atoms with E-state index in [2.05, 4.69) is 11.7 Å². The summed E-state index contributed by atoms with van der Waals surface area (Å²) in [5, 5.41) is 9.84. The number of hydrogen-bond donors (Lipinski definition) is 0. The first kappa shape index (κ1) is 16.3. The van der Waals surface area contributed by atoms with E-state index in [0.717, 1.165) is 12.8 Å². The Labute approximate surface area is 98.4 Å². The molecule has 4 heteroatoms. The zero-order chi connectivity index (χ0) is 9.94. The second-order valence-electron chi connectivity index (χ2n) is 3.22. The Morgan fingerprint density at radius 3 is 2.07 bits per heavy atom. The molecule has 0 heterocycles. The molecule has 0 unspecified atom stereocenters. The normalized spacial score (nSPS) is 9.21. The summed E-state index contributed by atoms with van der Waals surface area (Å²) in [5.41, 5.74) is 0. The standard InChI is InChI=1S/C10H20O3.Li/c1-2-3-4-5-6-7-8-9-13-10(11)12;/h2-9H2,1H3,(H,11,12);/q;+1/p-1. The Hall–Kier alpha value is -0.133. The van der Waals surface area contributed by atoms with Gasteiger partial charge in [0, 0.05) is 6.61 Å². The summed E-state index contributed by atoms with van der Waals surface area (Å²) in [4.78, 5) is 9.84. The number of rotatable bonds is 8. The second-order valence-corrected chi connectivity index (χ2v) is 3.22. The van der Waals surface area contributed by atoms with Crippen molar-refractivity contribution in [2.24, 2.45) is 0 Å². The molecule has 0 spiro atoms. The third-order valence-corrected chi connectivity index (χ3v) is 1.97. The van der Waals surface area contributed by atoms with E-state index in [1.54, 1.807) is 0 Å². The number of carbonyl (C=O) groups is 1. The summed E-state index contributed by atoms with van der Waals surface area (Å²) < 4.78 is 4.28. The maximum Gasteiger partial charge on any atom is 1.00 e. The van der Waals surface area contributed by atoms with Crippen LogP contribution in [-0.2, 0) is 4.74 Å². The van der Waals surface area contributed by atoms with Gasteiger partial charge in [-0.1, -0.05) is 45.4 Å². The molecule has 14 heavy (non-hydrogen) atoms. The fourth-order valence-electron chi connectivity index (χ4n) is 1.21. The van der Waals surface area contributed by atoms with Gasteiger partial charge in [-0.15, -0.1) is 0 Å². The van der Waals surface area contributed by atoms with Crippen LogP contribution in [0.15, 0.2) is 0 Å². The zero-order valence-corrected chi connectivity index (χ0v) is 9.38. The van der Waals surface area contributed by atoms with Crippen LogP contribution in [0, 0.1) is 0 Å². The van der Waals surface area contributed by atoms with Crippen LogP contribution in [0.1, 0.15) is 51.9 Å². The van der Waals surface area contributed by atoms with Gasteiger partial charge in [-0.2, -0.15) is 0 Å². The summed E-state index contributed by atoms with van der Waals surface area (Å²) in [5.74, 6) is 0. The third kappa shape index (κ3) is 14.4. The molecule has 0 amide bonds. The van der Waals surface area contributed by atoms with Crippen LogP contribution in [0.3, 0.4) is 0 Å². The molecule has 0 saturated heterocycles. The fraction of sp³-hybridized carbons (Fsp3) is 0.900. The van der Waals surface area contributed by atoms with Gasteiger partial charge in [0.25, 0.3) is 6.16 Å². The predicted octanol–water partition coefficient (Wildman–Crippen LogP) is -0.899. The van der Waals surface area contributed by atoms with Crippen LogP contribution < -0.4 is 24.0 Å². The average Bonchev–Trinajstić information content (AvgIpc) is 2.09. The topological polar surface area (TPSA) is 49.4 Å². The molecule has 0 aromatic carbocycles. The number of carbonyl (C=O) groups excluding carboxylic acids is 1. The van der Waals surface area contributed by atoms with Gasteiger partial charge in [-0.3, -0.25) is 0 Å². The molecule has 0 aliphatic carbocycles. The van der Waals surface area contributed by atoms with Crippen LogP contribution >= 0.6 is 0 Å². The number of ether oxygens (including phenoxy) is 1. The van der Waals surface area contributed by atoms with Crippen molar-refractivity contribution in [3.63, 3.8) is 0 Å². The van der Waals surface area contributed by atoms with Crippen LogP contribution in [0.4, 0.5) is 4.79 Å². The van der Waals surface area contributed by atoms with E-state index in [1.807, 2.05) is 0 Å². The maximum absolute atomic E-state index is 9.84.